The molecule has 1 aliphatic rings. The van der Waals surface area contributed by atoms with E-state index in [0.29, 0.717) is 6.54 Å². The molecule has 3 rings (SSSR count). The fourth-order valence-electron chi connectivity index (χ4n) is 2.50. The average molecular weight is 257 g/mol. The standard InChI is InChI=1S/C14H15N3O2/c1-16-12(6-13(15-16)14(18)19)9-17-7-10-4-2-3-5-11(10)8-17/h2-6H,7-9H2,1H3,(H,18,19). The zero-order valence-corrected chi connectivity index (χ0v) is 10.7. The van der Waals surface area contributed by atoms with Crippen LogP contribution in [-0.2, 0) is 26.7 Å². The number of hydrogen-bond donors (Lipinski definition) is 1. The van der Waals surface area contributed by atoms with Crippen molar-refractivity contribution in [3.05, 3.63) is 52.8 Å². The van der Waals surface area contributed by atoms with E-state index in [1.54, 1.807) is 17.8 Å². The Bertz CT molecular complexity index is 608. The Morgan fingerprint density at radius 1 is 1.32 bits per heavy atom. The SMILES string of the molecule is Cn1nc(C(=O)O)cc1CN1Cc2ccccc2C1. The van der Waals surface area contributed by atoms with Crippen LogP contribution in [0.1, 0.15) is 27.3 Å². The van der Waals surface area contributed by atoms with E-state index in [-0.39, 0.29) is 5.69 Å². The van der Waals surface area contributed by atoms with Crippen LogP contribution in [0.2, 0.25) is 0 Å². The molecule has 0 atom stereocenters. The molecule has 19 heavy (non-hydrogen) atoms. The second kappa shape index (κ2) is 4.51. The van der Waals surface area contributed by atoms with Gasteiger partial charge in [-0.1, -0.05) is 24.3 Å². The summed E-state index contributed by atoms with van der Waals surface area (Å²) in [4.78, 5) is 13.2. The number of fused-ring (bicyclic) bond motifs is 1. The number of carboxylic acid groups (broad SMARTS) is 1. The third-order valence-electron chi connectivity index (χ3n) is 3.49. The van der Waals surface area contributed by atoms with E-state index in [1.807, 2.05) is 0 Å². The minimum atomic E-state index is -0.980. The Morgan fingerprint density at radius 2 is 1.95 bits per heavy atom. The molecule has 0 aliphatic carbocycles. The second-order valence-electron chi connectivity index (χ2n) is 4.86. The molecule has 5 heteroatoms. The van der Waals surface area contributed by atoms with Gasteiger partial charge in [0.15, 0.2) is 5.69 Å². The lowest BCUT2D eigenvalue weighted by atomic mass is 10.1. The molecule has 0 fully saturated rings. The molecule has 0 bridgehead atoms. The Hall–Kier alpha value is -2.14. The summed E-state index contributed by atoms with van der Waals surface area (Å²) in [6.45, 7) is 2.53. The molecule has 0 amide bonds. The van der Waals surface area contributed by atoms with Crippen molar-refractivity contribution in [3.63, 3.8) is 0 Å². The van der Waals surface area contributed by atoms with Crippen LogP contribution in [0.25, 0.3) is 0 Å². The molecule has 1 aliphatic heterocycles. The van der Waals surface area contributed by atoms with Crippen LogP contribution in [0.5, 0.6) is 0 Å². The van der Waals surface area contributed by atoms with Crippen LogP contribution in [0.15, 0.2) is 30.3 Å². The first kappa shape index (κ1) is 11.9. The van der Waals surface area contributed by atoms with Gasteiger partial charge in [-0.15, -0.1) is 0 Å². The van der Waals surface area contributed by atoms with E-state index < -0.39 is 5.97 Å². The van der Waals surface area contributed by atoms with Crippen LogP contribution in [-0.4, -0.2) is 25.8 Å². The van der Waals surface area contributed by atoms with Crippen molar-refractivity contribution in [2.45, 2.75) is 19.6 Å². The number of carboxylic acids is 1. The van der Waals surface area contributed by atoms with Crippen LogP contribution < -0.4 is 0 Å². The molecule has 2 heterocycles. The van der Waals surface area contributed by atoms with Gasteiger partial charge in [0.1, 0.15) is 0 Å². The molecule has 0 spiro atoms. The van der Waals surface area contributed by atoms with E-state index in [2.05, 4.69) is 34.3 Å². The number of hydrogen-bond acceptors (Lipinski definition) is 3. The molecule has 0 unspecified atom stereocenters. The number of aromatic carboxylic acids is 1. The summed E-state index contributed by atoms with van der Waals surface area (Å²) < 4.78 is 1.65. The van der Waals surface area contributed by atoms with Crippen molar-refractivity contribution >= 4 is 5.97 Å². The second-order valence-corrected chi connectivity index (χ2v) is 4.86. The quantitative estimate of drug-likeness (QED) is 0.908. The lowest BCUT2D eigenvalue weighted by Gasteiger charge is -2.14. The number of aryl methyl sites for hydroxylation is 1. The average Bonchev–Trinajstić information content (AvgIpc) is 2.93. The maximum absolute atomic E-state index is 10.9. The van der Waals surface area contributed by atoms with Crippen molar-refractivity contribution in [2.75, 3.05) is 0 Å². The Kier molecular flexibility index (Phi) is 2.83. The normalized spacial score (nSPS) is 14.6. The first-order valence-electron chi connectivity index (χ1n) is 6.19. The molecular formula is C14H15N3O2. The number of aromatic nitrogens is 2. The highest BCUT2D eigenvalue weighted by Crippen LogP contribution is 2.23. The van der Waals surface area contributed by atoms with Gasteiger partial charge < -0.3 is 5.11 Å². The summed E-state index contributed by atoms with van der Waals surface area (Å²) in [5, 5.41) is 12.9. The molecule has 2 aromatic rings. The fraction of sp³-hybridized carbons (Fsp3) is 0.286. The number of benzene rings is 1. The first-order valence-corrected chi connectivity index (χ1v) is 6.19. The van der Waals surface area contributed by atoms with Gasteiger partial charge in [0, 0.05) is 26.7 Å². The molecule has 0 saturated heterocycles. The minimum absolute atomic E-state index is 0.106. The Morgan fingerprint density at radius 3 is 2.47 bits per heavy atom. The van der Waals surface area contributed by atoms with Gasteiger partial charge in [0.2, 0.25) is 0 Å². The highest BCUT2D eigenvalue weighted by molar-refractivity contribution is 5.85. The lowest BCUT2D eigenvalue weighted by molar-refractivity contribution is 0.0689. The van der Waals surface area contributed by atoms with E-state index in [1.165, 1.54) is 11.1 Å². The zero-order valence-electron chi connectivity index (χ0n) is 10.7. The highest BCUT2D eigenvalue weighted by atomic mass is 16.4. The van der Waals surface area contributed by atoms with E-state index in [0.717, 1.165) is 18.8 Å². The van der Waals surface area contributed by atoms with Gasteiger partial charge >= 0.3 is 5.97 Å². The summed E-state index contributed by atoms with van der Waals surface area (Å²) in [6.07, 6.45) is 0. The highest BCUT2D eigenvalue weighted by Gasteiger charge is 2.20. The van der Waals surface area contributed by atoms with Crippen molar-refractivity contribution in [1.82, 2.24) is 14.7 Å². The van der Waals surface area contributed by atoms with Crippen LogP contribution >= 0.6 is 0 Å². The van der Waals surface area contributed by atoms with Gasteiger partial charge in [-0.05, 0) is 17.2 Å². The van der Waals surface area contributed by atoms with Crippen molar-refractivity contribution < 1.29 is 9.90 Å². The number of carbonyl (C=O) groups is 1. The summed E-state index contributed by atoms with van der Waals surface area (Å²) in [5.41, 5.74) is 3.73. The summed E-state index contributed by atoms with van der Waals surface area (Å²) in [7, 11) is 1.78. The Balaban J connectivity index is 1.76. The van der Waals surface area contributed by atoms with Crippen LogP contribution in [0.4, 0.5) is 0 Å². The minimum Gasteiger partial charge on any atom is -0.476 e. The van der Waals surface area contributed by atoms with Gasteiger partial charge in [0.05, 0.1) is 5.69 Å². The topological polar surface area (TPSA) is 58.4 Å². The smallest absolute Gasteiger partial charge is 0.356 e. The molecular weight excluding hydrogens is 242 g/mol. The molecule has 5 nitrogen and oxygen atoms in total. The van der Waals surface area contributed by atoms with E-state index in [4.69, 9.17) is 5.11 Å². The molecule has 98 valence electrons. The molecule has 0 saturated carbocycles. The van der Waals surface area contributed by atoms with Gasteiger partial charge in [-0.3, -0.25) is 9.58 Å². The maximum Gasteiger partial charge on any atom is 0.356 e. The molecule has 1 aromatic carbocycles. The van der Waals surface area contributed by atoms with Gasteiger partial charge in [0.25, 0.3) is 0 Å². The number of nitrogens with zero attached hydrogens (tertiary/aromatic N) is 3. The lowest BCUT2D eigenvalue weighted by Crippen LogP contribution is -2.17. The monoisotopic (exact) mass is 257 g/mol. The first-order chi connectivity index (χ1) is 9.13. The van der Waals surface area contributed by atoms with E-state index >= 15 is 0 Å². The summed E-state index contributed by atoms with van der Waals surface area (Å²) >= 11 is 0. The summed E-state index contributed by atoms with van der Waals surface area (Å²) in [6, 6.07) is 10.0. The fourth-order valence-corrected chi connectivity index (χ4v) is 2.50. The van der Waals surface area contributed by atoms with Gasteiger partial charge in [-0.2, -0.15) is 5.10 Å². The number of rotatable bonds is 3. The largest absolute Gasteiger partial charge is 0.476 e. The Labute approximate surface area is 111 Å². The van der Waals surface area contributed by atoms with Gasteiger partial charge in [-0.25, -0.2) is 4.79 Å². The third kappa shape index (κ3) is 2.24. The predicted molar refractivity (Wildman–Crippen MR) is 69.6 cm³/mol. The van der Waals surface area contributed by atoms with Crippen LogP contribution in [0.3, 0.4) is 0 Å². The molecule has 1 aromatic heterocycles. The summed E-state index contributed by atoms with van der Waals surface area (Å²) in [5.74, 6) is -0.980. The predicted octanol–water partition coefficient (Wildman–Crippen LogP) is 1.63. The van der Waals surface area contributed by atoms with Crippen molar-refractivity contribution in [3.8, 4) is 0 Å². The van der Waals surface area contributed by atoms with Crippen molar-refractivity contribution in [1.29, 1.82) is 0 Å². The maximum atomic E-state index is 10.9. The zero-order chi connectivity index (χ0) is 13.4. The van der Waals surface area contributed by atoms with E-state index in [9.17, 15) is 4.79 Å². The molecule has 1 N–H and O–H groups in total. The molecule has 0 radical (unpaired) electrons. The third-order valence-corrected chi connectivity index (χ3v) is 3.49. The van der Waals surface area contributed by atoms with Crippen molar-refractivity contribution in [2.24, 2.45) is 7.05 Å². The van der Waals surface area contributed by atoms with Crippen LogP contribution in [0, 0.1) is 0 Å².